The van der Waals surface area contributed by atoms with Crippen molar-refractivity contribution in [2.75, 3.05) is 6.38 Å². The molecule has 0 N–H and O–H groups in total. The molecule has 1 aromatic rings. The molecule has 1 rings (SSSR count). The molecule has 0 atom stereocenters. The summed E-state index contributed by atoms with van der Waals surface area (Å²) < 4.78 is 0. The first-order valence-corrected chi connectivity index (χ1v) is 4.03. The first-order valence-electron chi connectivity index (χ1n) is 2.89. The van der Waals surface area contributed by atoms with E-state index in [1.807, 2.05) is 6.38 Å². The van der Waals surface area contributed by atoms with Gasteiger partial charge in [-0.05, 0) is 6.92 Å². The Bertz CT molecular complexity index is 194. The highest BCUT2D eigenvalue weighted by Crippen LogP contribution is 2.08. The van der Waals surface area contributed by atoms with Gasteiger partial charge in [-0.2, -0.15) is 0 Å². The lowest BCUT2D eigenvalue weighted by molar-refractivity contribution is -0.567. The predicted molar refractivity (Wildman–Crippen MR) is 36.3 cm³/mol. The van der Waals surface area contributed by atoms with Gasteiger partial charge in [0.1, 0.15) is 0 Å². The number of hydrogen-bond acceptors (Lipinski definition) is 0. The van der Waals surface area contributed by atoms with E-state index in [2.05, 4.69) is 42.0 Å². The summed E-state index contributed by atoms with van der Waals surface area (Å²) in [7, 11) is 2.23. The van der Waals surface area contributed by atoms with Gasteiger partial charge in [-0.15, -0.1) is 0 Å². The van der Waals surface area contributed by atoms with Gasteiger partial charge in [0.15, 0.2) is 17.2 Å². The quantitative estimate of drug-likeness (QED) is 0.526. The van der Waals surface area contributed by atoms with Crippen molar-refractivity contribution in [3.05, 3.63) is 34.9 Å². The average molecular weight is 142 g/mol. The Balaban J connectivity index is 3.01. The number of aryl methyl sites for hydroxylation is 1. The summed E-state index contributed by atoms with van der Waals surface area (Å²) in [4.78, 5) is 0. The molecule has 1 heteroatoms. The molecule has 0 aliphatic rings. The number of rotatable bonds is 1. The predicted octanol–water partition coefficient (Wildman–Crippen LogP) is 2.12. The van der Waals surface area contributed by atoms with Crippen LogP contribution in [0.3, 0.4) is 0 Å². The fourth-order valence-electron chi connectivity index (χ4n) is 0.763. The first kappa shape index (κ1) is 6.63. The molecule has 0 bridgehead atoms. The van der Waals surface area contributed by atoms with Crippen molar-refractivity contribution in [1.82, 2.24) is 0 Å². The van der Waals surface area contributed by atoms with Crippen LogP contribution in [-0.4, -0.2) is 6.38 Å². The minimum Gasteiger partial charge on any atom is -0.0616 e. The van der Waals surface area contributed by atoms with Gasteiger partial charge in [0.25, 0.3) is 0 Å². The lowest BCUT2D eigenvalue weighted by Crippen LogP contribution is -1.80. The van der Waals surface area contributed by atoms with Crippen LogP contribution in [-0.2, 0) is 0 Å². The molecular formula is C8H10Cl+. The Labute approximate surface area is 59.6 Å². The Morgan fingerprint density at radius 1 is 1.22 bits per heavy atom. The second-order valence-corrected chi connectivity index (χ2v) is 2.72. The molecule has 1 aromatic carbocycles. The normalized spacial score (nSPS) is 9.56. The monoisotopic (exact) mass is 141 g/mol. The van der Waals surface area contributed by atoms with E-state index >= 15 is 0 Å². The maximum absolute atomic E-state index is 2.23. The fourth-order valence-corrected chi connectivity index (χ4v) is 1.32. The third kappa shape index (κ3) is 1.46. The Morgan fingerprint density at radius 2 is 1.89 bits per heavy atom. The van der Waals surface area contributed by atoms with E-state index < -0.39 is 0 Å². The van der Waals surface area contributed by atoms with Gasteiger partial charge in [-0.1, -0.05) is 18.2 Å². The summed E-state index contributed by atoms with van der Waals surface area (Å²) in [6.07, 6.45) is 2.04. The second-order valence-electron chi connectivity index (χ2n) is 1.94. The van der Waals surface area contributed by atoms with E-state index in [9.17, 15) is 0 Å². The molecule has 0 radical (unpaired) electrons. The van der Waals surface area contributed by atoms with Crippen LogP contribution in [0.15, 0.2) is 24.3 Å². The van der Waals surface area contributed by atoms with Crippen LogP contribution in [0.2, 0.25) is 5.02 Å². The van der Waals surface area contributed by atoms with E-state index in [4.69, 9.17) is 0 Å². The lowest BCUT2D eigenvalue weighted by Gasteiger charge is -1.86. The topological polar surface area (TPSA) is 0 Å². The van der Waals surface area contributed by atoms with E-state index in [1.165, 1.54) is 10.6 Å². The fraction of sp³-hybridized carbons (Fsp3) is 0.250. The highest BCUT2D eigenvalue weighted by molar-refractivity contribution is 5.20. The van der Waals surface area contributed by atoms with E-state index in [0.717, 1.165) is 0 Å². The van der Waals surface area contributed by atoms with E-state index in [1.54, 1.807) is 0 Å². The zero-order valence-corrected chi connectivity index (χ0v) is 6.44. The largest absolute Gasteiger partial charge is 0.230 e. The van der Waals surface area contributed by atoms with Crippen molar-refractivity contribution >= 4 is 0 Å². The standard InChI is InChI=1S/C8H10Cl/c1-7-5-3-4-6-8(7)9-2/h3-6H,1-2H3/q+1. The van der Waals surface area contributed by atoms with Gasteiger partial charge in [0, 0.05) is 11.6 Å². The molecule has 0 aliphatic carbocycles. The van der Waals surface area contributed by atoms with Crippen LogP contribution in [0.5, 0.6) is 0 Å². The van der Waals surface area contributed by atoms with Crippen LogP contribution in [0, 0.1) is 17.7 Å². The molecule has 0 saturated heterocycles. The number of hydrogen-bond donors (Lipinski definition) is 0. The van der Waals surface area contributed by atoms with Crippen molar-refractivity contribution in [3.8, 4) is 0 Å². The molecule has 0 spiro atoms. The lowest BCUT2D eigenvalue weighted by atomic mass is 10.2. The average Bonchev–Trinajstić information content (AvgIpc) is 1.89. The molecule has 9 heavy (non-hydrogen) atoms. The molecule has 0 nitrogen and oxygen atoms in total. The summed E-state index contributed by atoms with van der Waals surface area (Å²) in [5.74, 6) is 0. The first-order chi connectivity index (χ1) is 4.34. The highest BCUT2D eigenvalue weighted by Gasteiger charge is 2.03. The third-order valence-corrected chi connectivity index (χ3v) is 2.11. The second kappa shape index (κ2) is 2.88. The van der Waals surface area contributed by atoms with Crippen LogP contribution >= 0.6 is 0 Å². The molecule has 0 unspecified atom stereocenters. The summed E-state index contributed by atoms with van der Waals surface area (Å²) in [6, 6.07) is 8.34. The maximum atomic E-state index is 2.23. The van der Waals surface area contributed by atoms with E-state index in [-0.39, 0.29) is 0 Å². The summed E-state index contributed by atoms with van der Waals surface area (Å²) >= 11 is 0. The Kier molecular flexibility index (Phi) is 2.12. The van der Waals surface area contributed by atoms with Crippen LogP contribution in [0.1, 0.15) is 5.56 Å². The molecule has 0 heterocycles. The van der Waals surface area contributed by atoms with Gasteiger partial charge < -0.3 is 0 Å². The van der Waals surface area contributed by atoms with Gasteiger partial charge in [0.2, 0.25) is 5.02 Å². The Hall–Kier alpha value is -0.490. The Morgan fingerprint density at radius 3 is 2.33 bits per heavy atom. The molecule has 0 aliphatic heterocycles. The number of halogens is 1. The zero-order valence-electron chi connectivity index (χ0n) is 5.69. The summed E-state index contributed by atoms with van der Waals surface area (Å²) in [5.41, 5.74) is 1.34. The van der Waals surface area contributed by atoms with Gasteiger partial charge in [-0.25, -0.2) is 0 Å². The van der Waals surface area contributed by atoms with Crippen molar-refractivity contribution in [2.24, 2.45) is 0 Å². The minimum absolute atomic E-state index is 1.32. The third-order valence-electron chi connectivity index (χ3n) is 1.28. The molecule has 0 saturated carbocycles. The van der Waals surface area contributed by atoms with Crippen molar-refractivity contribution in [2.45, 2.75) is 6.92 Å². The van der Waals surface area contributed by atoms with Crippen molar-refractivity contribution in [1.29, 1.82) is 0 Å². The summed E-state index contributed by atoms with van der Waals surface area (Å²) in [5, 5.41) is 1.32. The SMILES string of the molecule is C[Cl+]c1ccccc1C. The maximum Gasteiger partial charge on any atom is 0.230 e. The molecular weight excluding hydrogens is 132 g/mol. The molecule has 0 aromatic heterocycles. The number of alkyl halides is 1. The highest BCUT2D eigenvalue weighted by atomic mass is 35.5. The smallest absolute Gasteiger partial charge is 0.0616 e. The molecule has 0 fully saturated rings. The van der Waals surface area contributed by atoms with Crippen molar-refractivity contribution in [3.63, 3.8) is 0 Å². The van der Waals surface area contributed by atoms with Crippen molar-refractivity contribution < 1.29 is 10.8 Å². The summed E-state index contributed by atoms with van der Waals surface area (Å²) in [6.45, 7) is 2.12. The van der Waals surface area contributed by atoms with Crippen LogP contribution in [0.4, 0.5) is 0 Å². The molecule has 0 amide bonds. The van der Waals surface area contributed by atoms with Gasteiger partial charge in [0.05, 0.1) is 0 Å². The van der Waals surface area contributed by atoms with Gasteiger partial charge >= 0.3 is 0 Å². The van der Waals surface area contributed by atoms with Crippen LogP contribution < -0.4 is 0 Å². The molecule has 48 valence electrons. The number of benzene rings is 1. The van der Waals surface area contributed by atoms with Crippen LogP contribution in [0.25, 0.3) is 0 Å². The van der Waals surface area contributed by atoms with Gasteiger partial charge in [-0.3, -0.25) is 0 Å². The van der Waals surface area contributed by atoms with E-state index in [0.29, 0.717) is 0 Å². The zero-order chi connectivity index (χ0) is 6.69. The minimum atomic E-state index is 1.32.